The smallest absolute Gasteiger partial charge is 0.284 e. The maximum absolute atomic E-state index is 11.1. The van der Waals surface area contributed by atoms with E-state index in [1.807, 2.05) is 6.92 Å². The predicted molar refractivity (Wildman–Crippen MR) is 113 cm³/mol. The minimum atomic E-state index is -0.905. The highest BCUT2D eigenvalue weighted by Crippen LogP contribution is 2.09. The van der Waals surface area contributed by atoms with E-state index in [0.29, 0.717) is 44.6 Å². The van der Waals surface area contributed by atoms with Gasteiger partial charge in [0.2, 0.25) is 0 Å². The third-order valence-corrected chi connectivity index (χ3v) is 3.95. The van der Waals surface area contributed by atoms with Crippen LogP contribution in [0.15, 0.2) is 21.5 Å². The first-order valence-corrected chi connectivity index (χ1v) is 8.83. The Morgan fingerprint density at radius 2 is 2.07 bits per heavy atom. The van der Waals surface area contributed by atoms with E-state index in [2.05, 4.69) is 20.5 Å². The fraction of sp³-hybridized carbons (Fsp3) is 0.647. The quantitative estimate of drug-likeness (QED) is 0.230. The van der Waals surface area contributed by atoms with Crippen LogP contribution in [-0.4, -0.2) is 73.4 Å². The Hall–Kier alpha value is -1.37. The van der Waals surface area contributed by atoms with Crippen molar-refractivity contribution in [2.24, 2.45) is 10.7 Å². The highest BCUT2D eigenvalue weighted by molar-refractivity contribution is 14.0. The fourth-order valence-corrected chi connectivity index (χ4v) is 2.67. The molecular weight excluding hydrogens is 465 g/mol. The van der Waals surface area contributed by atoms with Gasteiger partial charge in [-0.2, -0.15) is 0 Å². The summed E-state index contributed by atoms with van der Waals surface area (Å²) in [6.07, 6.45) is 0. The van der Waals surface area contributed by atoms with Crippen LogP contribution >= 0.6 is 24.0 Å². The van der Waals surface area contributed by atoms with Crippen LogP contribution in [0.4, 0.5) is 0 Å². The third kappa shape index (κ3) is 8.45. The molecule has 154 valence electrons. The van der Waals surface area contributed by atoms with Crippen LogP contribution in [0.1, 0.15) is 30.2 Å². The first-order chi connectivity index (χ1) is 12.4. The van der Waals surface area contributed by atoms with Gasteiger partial charge in [-0.05, 0) is 26.0 Å². The van der Waals surface area contributed by atoms with Gasteiger partial charge in [0.25, 0.3) is 5.91 Å². The van der Waals surface area contributed by atoms with Crippen molar-refractivity contribution in [2.75, 3.05) is 45.9 Å². The number of hydrogen-bond acceptors (Lipinski definition) is 6. The zero-order valence-corrected chi connectivity index (χ0v) is 18.2. The van der Waals surface area contributed by atoms with Crippen LogP contribution in [0.2, 0.25) is 0 Å². The minimum Gasteiger partial charge on any atom is -0.454 e. The molecule has 1 unspecified atom stereocenters. The number of amides is 1. The fourth-order valence-electron chi connectivity index (χ4n) is 2.67. The highest BCUT2D eigenvalue weighted by atomic mass is 127. The lowest BCUT2D eigenvalue weighted by molar-refractivity contribution is -0.0201. The van der Waals surface area contributed by atoms with Gasteiger partial charge in [-0.3, -0.25) is 9.69 Å². The Balaban J connectivity index is 0.00000364. The summed E-state index contributed by atoms with van der Waals surface area (Å²) in [7, 11) is 0. The van der Waals surface area contributed by atoms with Crippen LogP contribution < -0.4 is 16.4 Å². The van der Waals surface area contributed by atoms with Crippen LogP contribution in [0.5, 0.6) is 0 Å². The number of aliphatic hydroxyl groups is 1. The molecule has 5 N–H and O–H groups in total. The Bertz CT molecular complexity index is 614. The van der Waals surface area contributed by atoms with E-state index >= 15 is 0 Å². The van der Waals surface area contributed by atoms with E-state index in [-0.39, 0.29) is 36.3 Å². The van der Waals surface area contributed by atoms with Crippen molar-refractivity contribution in [2.45, 2.75) is 26.0 Å². The third-order valence-electron chi connectivity index (χ3n) is 3.95. The van der Waals surface area contributed by atoms with Crippen LogP contribution in [0.25, 0.3) is 0 Å². The molecule has 1 aliphatic heterocycles. The number of carbonyl (C=O) groups is 1. The molecule has 0 bridgehead atoms. The summed E-state index contributed by atoms with van der Waals surface area (Å²) in [5.41, 5.74) is 4.26. The summed E-state index contributed by atoms with van der Waals surface area (Å²) >= 11 is 0. The van der Waals surface area contributed by atoms with Gasteiger partial charge in [0.05, 0.1) is 18.8 Å². The number of nitrogens with zero attached hydrogens (tertiary/aromatic N) is 2. The number of rotatable bonds is 8. The molecule has 1 amide bonds. The number of furan rings is 1. The van der Waals surface area contributed by atoms with Gasteiger partial charge in [0, 0.05) is 32.7 Å². The average Bonchev–Trinajstić information content (AvgIpc) is 3.07. The first kappa shape index (κ1) is 23.7. The van der Waals surface area contributed by atoms with Gasteiger partial charge in [-0.15, -0.1) is 24.0 Å². The number of morpholine rings is 1. The number of primary amides is 1. The number of hydrogen-bond donors (Lipinski definition) is 4. The van der Waals surface area contributed by atoms with E-state index < -0.39 is 11.5 Å². The lowest BCUT2D eigenvalue weighted by Gasteiger charge is -2.34. The summed E-state index contributed by atoms with van der Waals surface area (Å²) in [5.74, 6) is 0.605. The second-order valence-corrected chi connectivity index (χ2v) is 6.56. The van der Waals surface area contributed by atoms with E-state index in [1.54, 1.807) is 13.0 Å². The van der Waals surface area contributed by atoms with Crippen molar-refractivity contribution in [1.82, 2.24) is 15.5 Å². The van der Waals surface area contributed by atoms with Gasteiger partial charge < -0.3 is 30.6 Å². The van der Waals surface area contributed by atoms with Crippen LogP contribution in [0.3, 0.4) is 0 Å². The zero-order chi connectivity index (χ0) is 19.0. The lowest BCUT2D eigenvalue weighted by Crippen LogP contribution is -2.52. The summed E-state index contributed by atoms with van der Waals surface area (Å²) < 4.78 is 10.6. The molecule has 0 radical (unpaired) electrons. The number of aliphatic imine (C=N–C) groups is 1. The van der Waals surface area contributed by atoms with E-state index in [4.69, 9.17) is 14.9 Å². The predicted octanol–water partition coefficient (Wildman–Crippen LogP) is 0.135. The summed E-state index contributed by atoms with van der Waals surface area (Å²) in [6, 6.07) is 3.20. The second kappa shape index (κ2) is 11.5. The van der Waals surface area contributed by atoms with Crippen LogP contribution in [0, 0.1) is 0 Å². The second-order valence-electron chi connectivity index (χ2n) is 6.56. The number of ether oxygens (including phenoxy) is 1. The highest BCUT2D eigenvalue weighted by Gasteiger charge is 2.25. The molecule has 2 rings (SSSR count). The monoisotopic (exact) mass is 495 g/mol. The largest absolute Gasteiger partial charge is 0.454 e. The van der Waals surface area contributed by atoms with Crippen LogP contribution in [-0.2, 0) is 11.3 Å². The van der Waals surface area contributed by atoms with Crippen molar-refractivity contribution >= 4 is 35.8 Å². The molecule has 0 saturated carbocycles. The number of nitrogens with two attached hydrogens (primary N) is 1. The molecule has 1 aliphatic rings. The van der Waals surface area contributed by atoms with Crippen molar-refractivity contribution in [3.63, 3.8) is 0 Å². The molecule has 1 aromatic heterocycles. The average molecular weight is 495 g/mol. The maximum Gasteiger partial charge on any atom is 0.284 e. The van der Waals surface area contributed by atoms with Gasteiger partial charge in [0.15, 0.2) is 11.7 Å². The molecule has 27 heavy (non-hydrogen) atoms. The topological polar surface area (TPSA) is 125 Å². The molecule has 0 spiro atoms. The van der Waals surface area contributed by atoms with E-state index in [1.165, 1.54) is 6.07 Å². The van der Waals surface area contributed by atoms with Crippen molar-refractivity contribution in [3.05, 3.63) is 23.7 Å². The Morgan fingerprint density at radius 1 is 1.37 bits per heavy atom. The summed E-state index contributed by atoms with van der Waals surface area (Å²) in [5, 5.41) is 16.9. The van der Waals surface area contributed by atoms with Crippen molar-refractivity contribution in [1.29, 1.82) is 0 Å². The standard InChI is InChI=1S/C17H29N5O4.HI/c1-3-19-16(20-10-13-4-5-14(26-13)15(18)23)21-11-17(2,24)12-22-6-8-25-9-7-22;/h4-5,24H,3,6-12H2,1-2H3,(H2,18,23)(H2,19,20,21);1H. The van der Waals surface area contributed by atoms with E-state index in [0.717, 1.165) is 13.1 Å². The van der Waals surface area contributed by atoms with Crippen molar-refractivity contribution in [3.8, 4) is 0 Å². The van der Waals surface area contributed by atoms with E-state index in [9.17, 15) is 9.90 Å². The van der Waals surface area contributed by atoms with Gasteiger partial charge >= 0.3 is 0 Å². The molecule has 0 aromatic carbocycles. The molecule has 1 aromatic rings. The molecule has 1 saturated heterocycles. The van der Waals surface area contributed by atoms with Crippen molar-refractivity contribution < 1.29 is 19.1 Å². The molecule has 10 heteroatoms. The Labute approximate surface area is 176 Å². The normalized spacial score (nSPS) is 17.7. The SMILES string of the molecule is CCNC(=NCc1ccc(C(N)=O)o1)NCC(C)(O)CN1CCOCC1.I. The Morgan fingerprint density at radius 3 is 2.67 bits per heavy atom. The van der Waals surface area contributed by atoms with Gasteiger partial charge in [-0.25, -0.2) is 4.99 Å². The Kier molecular flexibility index (Phi) is 10.1. The van der Waals surface area contributed by atoms with Gasteiger partial charge in [0.1, 0.15) is 12.3 Å². The van der Waals surface area contributed by atoms with Gasteiger partial charge in [-0.1, -0.05) is 0 Å². The summed E-state index contributed by atoms with van der Waals surface area (Å²) in [4.78, 5) is 17.7. The molecular formula is C17H30IN5O4. The molecule has 2 heterocycles. The number of carbonyl (C=O) groups excluding carboxylic acids is 1. The molecule has 9 nitrogen and oxygen atoms in total. The number of guanidine groups is 1. The maximum atomic E-state index is 11.1. The summed E-state index contributed by atoms with van der Waals surface area (Å²) in [6.45, 7) is 8.65. The molecule has 0 aliphatic carbocycles. The number of β-amino-alcohol motifs (C(OH)–C–C–N with tert-alkyl or cyclic N) is 1. The number of halogens is 1. The number of nitrogens with one attached hydrogen (secondary N) is 2. The molecule has 1 atom stereocenters. The minimum absolute atomic E-state index is 0. The lowest BCUT2D eigenvalue weighted by atomic mass is 10.1. The zero-order valence-electron chi connectivity index (χ0n) is 15.9. The first-order valence-electron chi connectivity index (χ1n) is 8.83. The molecule has 1 fully saturated rings.